The molecule has 4 heteroatoms. The fourth-order valence-electron chi connectivity index (χ4n) is 1.87. The Morgan fingerprint density at radius 2 is 1.95 bits per heavy atom. The summed E-state index contributed by atoms with van der Waals surface area (Å²) in [7, 11) is 0. The molecule has 20 heavy (non-hydrogen) atoms. The van der Waals surface area contributed by atoms with Crippen molar-refractivity contribution >= 4 is 11.6 Å². The molecule has 1 amide bonds. The smallest absolute Gasteiger partial charge is 0.290 e. The van der Waals surface area contributed by atoms with Gasteiger partial charge in [0, 0.05) is 12.1 Å². The third kappa shape index (κ3) is 3.42. The molecule has 0 unspecified atom stereocenters. The van der Waals surface area contributed by atoms with E-state index in [9.17, 15) is 4.79 Å². The first kappa shape index (κ1) is 13.8. The number of para-hydroxylation sites is 1. The van der Waals surface area contributed by atoms with Gasteiger partial charge in [-0.05, 0) is 24.1 Å². The summed E-state index contributed by atoms with van der Waals surface area (Å²) < 4.78 is 1.81. The lowest BCUT2D eigenvalue weighted by Gasteiger charge is -2.04. The average molecular weight is 266 g/mol. The van der Waals surface area contributed by atoms with Crippen LogP contribution in [0.5, 0.6) is 0 Å². The number of benzene rings is 1. The molecule has 1 aromatic heterocycles. The third-order valence-electron chi connectivity index (χ3n) is 3.02. The highest BCUT2D eigenvalue weighted by molar-refractivity contribution is 5.91. The van der Waals surface area contributed by atoms with Crippen molar-refractivity contribution < 1.29 is 9.36 Å². The molecule has 1 aromatic carbocycles. The molecule has 0 saturated heterocycles. The first-order chi connectivity index (χ1) is 9.72. The molecule has 100 valence electrons. The molecule has 0 bridgehead atoms. The Labute approximate surface area is 118 Å². The third-order valence-corrected chi connectivity index (χ3v) is 3.02. The van der Waals surface area contributed by atoms with E-state index < -0.39 is 0 Å². The second kappa shape index (κ2) is 6.48. The maximum absolute atomic E-state index is 12.0. The normalized spacial score (nSPS) is 9.80. The lowest BCUT2D eigenvalue weighted by Crippen LogP contribution is -2.39. The zero-order valence-corrected chi connectivity index (χ0v) is 11.3. The van der Waals surface area contributed by atoms with Gasteiger partial charge >= 0.3 is 0 Å². The highest BCUT2D eigenvalue weighted by Gasteiger charge is 2.11. The Morgan fingerprint density at radius 1 is 1.25 bits per heavy atom. The molecule has 1 N–H and O–H groups in total. The number of hydrogen-bond acceptors (Lipinski definition) is 2. The molecule has 2 rings (SSSR count). The van der Waals surface area contributed by atoms with Gasteiger partial charge < -0.3 is 5.32 Å². The summed E-state index contributed by atoms with van der Waals surface area (Å²) in [6, 6.07) is 13.0. The molecular weight excluding hydrogens is 250 g/mol. The number of rotatable bonds is 4. The molecule has 0 aliphatic carbocycles. The lowest BCUT2D eigenvalue weighted by molar-refractivity contribution is -0.684. The van der Waals surface area contributed by atoms with Gasteiger partial charge in [-0.3, -0.25) is 4.79 Å². The van der Waals surface area contributed by atoms with Crippen molar-refractivity contribution in [1.29, 1.82) is 5.26 Å². The minimum atomic E-state index is -0.151. The molecule has 0 aliphatic heterocycles. The number of hydrogen-bond donors (Lipinski definition) is 1. The quantitative estimate of drug-likeness (QED) is 0.861. The molecule has 0 spiro atoms. The minimum absolute atomic E-state index is 0.151. The van der Waals surface area contributed by atoms with E-state index >= 15 is 0 Å². The maximum Gasteiger partial charge on any atom is 0.290 e. The van der Waals surface area contributed by atoms with Crippen molar-refractivity contribution in [3.05, 3.63) is 59.9 Å². The van der Waals surface area contributed by atoms with Crippen LogP contribution in [0.1, 0.15) is 18.1 Å². The Balaban J connectivity index is 2.03. The number of nitrogens with zero attached hydrogens (tertiary/aromatic N) is 2. The van der Waals surface area contributed by atoms with Gasteiger partial charge in [-0.2, -0.15) is 9.83 Å². The zero-order chi connectivity index (χ0) is 14.4. The van der Waals surface area contributed by atoms with Crippen LogP contribution >= 0.6 is 0 Å². The van der Waals surface area contributed by atoms with Gasteiger partial charge in [0.05, 0.1) is 11.3 Å². The fraction of sp³-hybridized carbons (Fsp3) is 0.188. The van der Waals surface area contributed by atoms with Gasteiger partial charge in [-0.1, -0.05) is 19.1 Å². The van der Waals surface area contributed by atoms with Gasteiger partial charge in [-0.15, -0.1) is 0 Å². The van der Waals surface area contributed by atoms with Crippen LogP contribution < -0.4 is 9.88 Å². The van der Waals surface area contributed by atoms with E-state index in [1.165, 1.54) is 5.56 Å². The first-order valence-corrected chi connectivity index (χ1v) is 6.50. The number of nitrogens with one attached hydrogen (secondary N) is 1. The number of carbonyl (C=O) groups excluding carboxylic acids is 1. The van der Waals surface area contributed by atoms with E-state index in [2.05, 4.69) is 18.3 Å². The molecule has 0 saturated carbocycles. The van der Waals surface area contributed by atoms with Crippen LogP contribution in [0.2, 0.25) is 0 Å². The predicted octanol–water partition coefficient (Wildman–Crippen LogP) is 2.05. The number of anilines is 1. The lowest BCUT2D eigenvalue weighted by atomic mass is 10.2. The summed E-state index contributed by atoms with van der Waals surface area (Å²) in [6.45, 7) is 2.31. The second-order valence-electron chi connectivity index (χ2n) is 4.44. The Bertz CT molecular complexity index is 642. The number of aromatic nitrogens is 1. The Kier molecular flexibility index (Phi) is 4.46. The second-order valence-corrected chi connectivity index (χ2v) is 4.44. The van der Waals surface area contributed by atoms with E-state index in [1.807, 2.05) is 29.1 Å². The highest BCUT2D eigenvalue weighted by Crippen LogP contribution is 2.13. The SMILES string of the molecule is CCc1cc[n+](CC(=O)Nc2ccccc2C#N)cc1. The number of nitriles is 1. The molecule has 2 aromatic rings. The molecule has 0 fully saturated rings. The van der Waals surface area contributed by atoms with E-state index in [0.717, 1.165) is 6.42 Å². The van der Waals surface area contributed by atoms with Gasteiger partial charge in [0.15, 0.2) is 12.4 Å². The van der Waals surface area contributed by atoms with E-state index in [0.29, 0.717) is 11.3 Å². The van der Waals surface area contributed by atoms with Crippen LogP contribution in [0.25, 0.3) is 0 Å². The van der Waals surface area contributed by atoms with Crippen LogP contribution in [-0.2, 0) is 17.8 Å². The van der Waals surface area contributed by atoms with Crippen molar-refractivity contribution in [1.82, 2.24) is 0 Å². The van der Waals surface area contributed by atoms with Crippen LogP contribution in [0.3, 0.4) is 0 Å². The van der Waals surface area contributed by atoms with E-state index in [-0.39, 0.29) is 12.5 Å². The largest absolute Gasteiger partial charge is 0.319 e. The van der Waals surface area contributed by atoms with Crippen LogP contribution in [0, 0.1) is 11.3 Å². The van der Waals surface area contributed by atoms with E-state index in [4.69, 9.17) is 5.26 Å². The molecule has 4 nitrogen and oxygen atoms in total. The van der Waals surface area contributed by atoms with Gasteiger partial charge in [-0.25, -0.2) is 0 Å². The molecule has 0 atom stereocenters. The molecule has 0 radical (unpaired) electrons. The Hall–Kier alpha value is -2.67. The molecule has 0 aliphatic rings. The van der Waals surface area contributed by atoms with Crippen LogP contribution in [-0.4, -0.2) is 5.91 Å². The number of amides is 1. The van der Waals surface area contributed by atoms with Crippen molar-refractivity contribution in [2.75, 3.05) is 5.32 Å². The summed E-state index contributed by atoms with van der Waals surface area (Å²) in [5.74, 6) is -0.151. The standard InChI is InChI=1S/C16H15N3O/c1-2-13-7-9-19(10-8-13)12-16(20)18-15-6-4-3-5-14(15)11-17/h3-10H,2,12H2,1H3/p+1. The summed E-state index contributed by atoms with van der Waals surface area (Å²) in [6.07, 6.45) is 4.74. The monoisotopic (exact) mass is 266 g/mol. The summed E-state index contributed by atoms with van der Waals surface area (Å²) in [5, 5.41) is 11.7. The molecule has 1 heterocycles. The minimum Gasteiger partial charge on any atom is -0.319 e. The van der Waals surface area contributed by atoms with Crippen molar-refractivity contribution in [3.63, 3.8) is 0 Å². The average Bonchev–Trinajstić information content (AvgIpc) is 2.48. The fourth-order valence-corrected chi connectivity index (χ4v) is 1.87. The van der Waals surface area contributed by atoms with Crippen molar-refractivity contribution in [2.24, 2.45) is 0 Å². The van der Waals surface area contributed by atoms with Crippen LogP contribution in [0.15, 0.2) is 48.8 Å². The topological polar surface area (TPSA) is 56.8 Å². The van der Waals surface area contributed by atoms with Gasteiger partial charge in [0.1, 0.15) is 6.07 Å². The predicted molar refractivity (Wildman–Crippen MR) is 75.8 cm³/mol. The summed E-state index contributed by atoms with van der Waals surface area (Å²) in [4.78, 5) is 12.0. The van der Waals surface area contributed by atoms with Crippen molar-refractivity contribution in [2.45, 2.75) is 19.9 Å². The first-order valence-electron chi connectivity index (χ1n) is 6.50. The zero-order valence-electron chi connectivity index (χ0n) is 11.3. The number of pyridine rings is 1. The highest BCUT2D eigenvalue weighted by atomic mass is 16.1. The van der Waals surface area contributed by atoms with Gasteiger partial charge in [0.2, 0.25) is 6.54 Å². The van der Waals surface area contributed by atoms with E-state index in [1.54, 1.807) is 24.3 Å². The Morgan fingerprint density at radius 3 is 2.60 bits per heavy atom. The number of carbonyl (C=O) groups is 1. The molecular formula is C16H16N3O+. The van der Waals surface area contributed by atoms with Crippen LogP contribution in [0.4, 0.5) is 5.69 Å². The maximum atomic E-state index is 12.0. The summed E-state index contributed by atoms with van der Waals surface area (Å²) >= 11 is 0. The van der Waals surface area contributed by atoms with Crippen molar-refractivity contribution in [3.8, 4) is 6.07 Å². The number of aryl methyl sites for hydroxylation is 1. The van der Waals surface area contributed by atoms with Gasteiger partial charge in [0.25, 0.3) is 5.91 Å². The summed E-state index contributed by atoms with van der Waals surface area (Å²) in [5.41, 5.74) is 2.24.